The van der Waals surface area contributed by atoms with Crippen LogP contribution >= 0.6 is 0 Å². The third-order valence-electron chi connectivity index (χ3n) is 3.67. The Kier molecular flexibility index (Phi) is 2.83. The first kappa shape index (κ1) is 10.2. The van der Waals surface area contributed by atoms with Crippen LogP contribution in [0.5, 0.6) is 5.75 Å². The molecule has 0 atom stereocenters. The lowest BCUT2D eigenvalue weighted by molar-refractivity contribution is 0.138. The number of rotatable bonds is 3. The van der Waals surface area contributed by atoms with Crippen LogP contribution in [0.1, 0.15) is 37.2 Å². The summed E-state index contributed by atoms with van der Waals surface area (Å²) in [5.74, 6) is 1.80. The van der Waals surface area contributed by atoms with Crippen LogP contribution in [0.25, 0.3) is 0 Å². The lowest BCUT2D eigenvalue weighted by Crippen LogP contribution is -2.45. The molecule has 1 aromatic rings. The molecule has 1 saturated heterocycles. The summed E-state index contributed by atoms with van der Waals surface area (Å²) in [5, 5.41) is 4.15. The minimum absolute atomic E-state index is 0.331. The summed E-state index contributed by atoms with van der Waals surface area (Å²) in [6.45, 7) is 1.73. The van der Waals surface area contributed by atoms with Gasteiger partial charge in [0, 0.05) is 0 Å². The van der Waals surface area contributed by atoms with E-state index in [2.05, 4.69) is 29.6 Å². The average Bonchev–Trinajstić information content (AvgIpc) is 2.78. The second kappa shape index (κ2) is 4.46. The van der Waals surface area contributed by atoms with E-state index in [1.165, 1.54) is 31.2 Å². The van der Waals surface area contributed by atoms with Gasteiger partial charge in [-0.3, -0.25) is 0 Å². The van der Waals surface area contributed by atoms with E-state index in [1.807, 2.05) is 0 Å². The van der Waals surface area contributed by atoms with Crippen molar-refractivity contribution in [2.24, 2.45) is 0 Å². The molecular weight excluding hydrogens is 198 g/mol. The maximum Gasteiger partial charge on any atom is 0.127 e. The molecule has 0 unspecified atom stereocenters. The van der Waals surface area contributed by atoms with Gasteiger partial charge in [-0.05, 0) is 36.5 Å². The van der Waals surface area contributed by atoms with E-state index < -0.39 is 0 Å². The minimum Gasteiger partial charge on any atom is -0.488 e. The SMILES string of the molecule is c1cc(C2CCCC2)ccc1OC1C[N]C1. The van der Waals surface area contributed by atoms with E-state index in [0.29, 0.717) is 6.10 Å². The van der Waals surface area contributed by atoms with Crippen LogP contribution in [0.2, 0.25) is 0 Å². The Balaban J connectivity index is 1.64. The molecule has 2 nitrogen and oxygen atoms in total. The Morgan fingerprint density at radius 2 is 1.69 bits per heavy atom. The number of benzene rings is 1. The van der Waals surface area contributed by atoms with Gasteiger partial charge in [0.25, 0.3) is 0 Å². The second-order valence-electron chi connectivity index (χ2n) is 4.88. The van der Waals surface area contributed by atoms with E-state index in [-0.39, 0.29) is 0 Å². The molecule has 0 spiro atoms. The smallest absolute Gasteiger partial charge is 0.127 e. The van der Waals surface area contributed by atoms with Crippen molar-refractivity contribution >= 4 is 0 Å². The molecule has 16 heavy (non-hydrogen) atoms. The van der Waals surface area contributed by atoms with Crippen LogP contribution in [0.15, 0.2) is 24.3 Å². The highest BCUT2D eigenvalue weighted by molar-refractivity contribution is 5.30. The zero-order valence-corrected chi connectivity index (χ0v) is 9.56. The molecular formula is C14H18NO. The van der Waals surface area contributed by atoms with Crippen molar-refractivity contribution in [2.75, 3.05) is 13.1 Å². The summed E-state index contributed by atoms with van der Waals surface area (Å²) in [6.07, 6.45) is 5.85. The van der Waals surface area contributed by atoms with Crippen molar-refractivity contribution in [3.8, 4) is 5.75 Å². The average molecular weight is 216 g/mol. The Bertz CT molecular complexity index is 336. The maximum atomic E-state index is 5.77. The van der Waals surface area contributed by atoms with E-state index in [1.54, 1.807) is 0 Å². The molecule has 0 aromatic heterocycles. The summed E-state index contributed by atoms with van der Waals surface area (Å²) in [4.78, 5) is 0. The fourth-order valence-corrected chi connectivity index (χ4v) is 2.58. The molecule has 2 heteroatoms. The fourth-order valence-electron chi connectivity index (χ4n) is 2.58. The largest absolute Gasteiger partial charge is 0.488 e. The Morgan fingerprint density at radius 1 is 1.00 bits per heavy atom. The van der Waals surface area contributed by atoms with Crippen molar-refractivity contribution in [3.63, 3.8) is 0 Å². The third kappa shape index (κ3) is 2.07. The van der Waals surface area contributed by atoms with Gasteiger partial charge in [-0.1, -0.05) is 25.0 Å². The lowest BCUT2D eigenvalue weighted by atomic mass is 9.98. The van der Waals surface area contributed by atoms with Gasteiger partial charge in [0.05, 0.1) is 13.1 Å². The molecule has 3 rings (SSSR count). The zero-order chi connectivity index (χ0) is 10.8. The summed E-state index contributed by atoms with van der Waals surface area (Å²) >= 11 is 0. The summed E-state index contributed by atoms with van der Waals surface area (Å²) in [5.41, 5.74) is 1.49. The molecule has 1 aliphatic carbocycles. The summed E-state index contributed by atoms with van der Waals surface area (Å²) in [6, 6.07) is 8.71. The van der Waals surface area contributed by atoms with E-state index in [0.717, 1.165) is 24.8 Å². The first-order valence-electron chi connectivity index (χ1n) is 6.32. The molecule has 0 amide bonds. The molecule has 2 aliphatic rings. The highest BCUT2D eigenvalue weighted by Gasteiger charge is 2.20. The molecule has 85 valence electrons. The highest BCUT2D eigenvalue weighted by Crippen LogP contribution is 2.34. The first-order valence-corrected chi connectivity index (χ1v) is 6.32. The van der Waals surface area contributed by atoms with Crippen molar-refractivity contribution in [2.45, 2.75) is 37.7 Å². The van der Waals surface area contributed by atoms with Crippen LogP contribution < -0.4 is 10.1 Å². The summed E-state index contributed by atoms with van der Waals surface area (Å²) < 4.78 is 5.77. The number of ether oxygens (including phenoxy) is 1. The minimum atomic E-state index is 0.331. The number of nitrogens with zero attached hydrogens (tertiary/aromatic N) is 1. The molecule has 1 saturated carbocycles. The first-order chi connectivity index (χ1) is 7.92. The second-order valence-corrected chi connectivity index (χ2v) is 4.88. The van der Waals surface area contributed by atoms with Crippen LogP contribution in [0.4, 0.5) is 0 Å². The molecule has 1 heterocycles. The predicted octanol–water partition coefficient (Wildman–Crippen LogP) is 2.71. The summed E-state index contributed by atoms with van der Waals surface area (Å²) in [7, 11) is 0. The van der Waals surface area contributed by atoms with Crippen molar-refractivity contribution in [3.05, 3.63) is 29.8 Å². The van der Waals surface area contributed by atoms with Gasteiger partial charge in [0.1, 0.15) is 11.9 Å². The van der Waals surface area contributed by atoms with Crippen molar-refractivity contribution in [1.29, 1.82) is 0 Å². The van der Waals surface area contributed by atoms with Gasteiger partial charge in [0.2, 0.25) is 0 Å². The van der Waals surface area contributed by atoms with Crippen molar-refractivity contribution in [1.82, 2.24) is 5.32 Å². The Labute approximate surface area is 97.0 Å². The predicted molar refractivity (Wildman–Crippen MR) is 63.9 cm³/mol. The lowest BCUT2D eigenvalue weighted by Gasteiger charge is -2.26. The number of hydrogen-bond acceptors (Lipinski definition) is 1. The van der Waals surface area contributed by atoms with Gasteiger partial charge in [0.15, 0.2) is 0 Å². The van der Waals surface area contributed by atoms with Crippen LogP contribution in [0.3, 0.4) is 0 Å². The Hall–Kier alpha value is -1.02. The van der Waals surface area contributed by atoms with Gasteiger partial charge in [-0.2, -0.15) is 0 Å². The maximum absolute atomic E-state index is 5.77. The monoisotopic (exact) mass is 216 g/mol. The van der Waals surface area contributed by atoms with Crippen LogP contribution in [-0.4, -0.2) is 19.2 Å². The van der Waals surface area contributed by atoms with Gasteiger partial charge < -0.3 is 4.74 Å². The quantitative estimate of drug-likeness (QED) is 0.762. The van der Waals surface area contributed by atoms with Gasteiger partial charge in [-0.15, -0.1) is 0 Å². The van der Waals surface area contributed by atoms with E-state index >= 15 is 0 Å². The van der Waals surface area contributed by atoms with Gasteiger partial charge >= 0.3 is 0 Å². The van der Waals surface area contributed by atoms with E-state index in [4.69, 9.17) is 4.74 Å². The molecule has 0 bridgehead atoms. The molecule has 1 aliphatic heterocycles. The van der Waals surface area contributed by atoms with Crippen LogP contribution in [0, 0.1) is 0 Å². The number of hydrogen-bond donors (Lipinski definition) is 0. The highest BCUT2D eigenvalue weighted by atomic mass is 16.5. The third-order valence-corrected chi connectivity index (χ3v) is 3.67. The Morgan fingerprint density at radius 3 is 2.25 bits per heavy atom. The molecule has 0 N–H and O–H groups in total. The normalized spacial score (nSPS) is 22.0. The molecule has 2 fully saturated rings. The standard InChI is InChI=1S/C14H18NO/c1-2-4-11(3-1)12-5-7-13(8-6-12)16-14-9-15-10-14/h5-8,11,14H,1-4,9-10H2. The topological polar surface area (TPSA) is 23.3 Å². The zero-order valence-electron chi connectivity index (χ0n) is 9.56. The fraction of sp³-hybridized carbons (Fsp3) is 0.571. The molecule has 1 radical (unpaired) electrons. The van der Waals surface area contributed by atoms with Crippen LogP contribution in [-0.2, 0) is 0 Å². The van der Waals surface area contributed by atoms with E-state index in [9.17, 15) is 0 Å². The van der Waals surface area contributed by atoms with Gasteiger partial charge in [-0.25, -0.2) is 5.32 Å². The van der Waals surface area contributed by atoms with Crippen molar-refractivity contribution < 1.29 is 4.74 Å². The molecule has 1 aromatic carbocycles.